The molecule has 0 saturated carbocycles. The molecule has 0 aliphatic carbocycles. The molecule has 2 unspecified atom stereocenters. The third-order valence-corrected chi connectivity index (χ3v) is 5.32. The minimum Gasteiger partial charge on any atom is -0.346 e. The van der Waals surface area contributed by atoms with Gasteiger partial charge in [-0.25, -0.2) is 4.98 Å². The van der Waals surface area contributed by atoms with Gasteiger partial charge in [-0.1, -0.05) is 13.8 Å². The van der Waals surface area contributed by atoms with E-state index in [2.05, 4.69) is 50.0 Å². The van der Waals surface area contributed by atoms with Gasteiger partial charge in [0.15, 0.2) is 5.13 Å². The molecule has 1 saturated heterocycles. The SMILES string of the molecule is CCCNCc1sc(N2CC(C)C(N(C)C)C2)nc1C. The molecule has 20 heavy (non-hydrogen) atoms. The quantitative estimate of drug-likeness (QED) is 0.817. The Morgan fingerprint density at radius 3 is 2.75 bits per heavy atom. The Morgan fingerprint density at radius 1 is 1.40 bits per heavy atom. The molecule has 0 radical (unpaired) electrons. The fourth-order valence-corrected chi connectivity index (χ4v) is 3.92. The van der Waals surface area contributed by atoms with Gasteiger partial charge in [-0.2, -0.15) is 0 Å². The van der Waals surface area contributed by atoms with Gasteiger partial charge in [0.25, 0.3) is 0 Å². The summed E-state index contributed by atoms with van der Waals surface area (Å²) in [6, 6.07) is 0.640. The van der Waals surface area contributed by atoms with E-state index in [-0.39, 0.29) is 0 Å². The van der Waals surface area contributed by atoms with Crippen molar-refractivity contribution in [3.63, 3.8) is 0 Å². The molecule has 0 aromatic carbocycles. The van der Waals surface area contributed by atoms with Gasteiger partial charge in [-0.15, -0.1) is 11.3 Å². The minimum absolute atomic E-state index is 0.640. The van der Waals surface area contributed by atoms with E-state index >= 15 is 0 Å². The lowest BCUT2D eigenvalue weighted by molar-refractivity contribution is 0.266. The Kier molecular flexibility index (Phi) is 5.41. The predicted octanol–water partition coefficient (Wildman–Crippen LogP) is 2.34. The number of rotatable bonds is 6. The molecule has 1 aliphatic rings. The zero-order valence-electron chi connectivity index (χ0n) is 13.4. The molecular weight excluding hydrogens is 268 g/mol. The van der Waals surface area contributed by atoms with Gasteiger partial charge in [0.05, 0.1) is 5.69 Å². The average Bonchev–Trinajstić information content (AvgIpc) is 2.94. The smallest absolute Gasteiger partial charge is 0.185 e. The van der Waals surface area contributed by atoms with E-state index < -0.39 is 0 Å². The lowest BCUT2D eigenvalue weighted by atomic mass is 10.1. The Labute approximate surface area is 127 Å². The maximum Gasteiger partial charge on any atom is 0.185 e. The summed E-state index contributed by atoms with van der Waals surface area (Å²) >= 11 is 1.86. The summed E-state index contributed by atoms with van der Waals surface area (Å²) in [6.45, 7) is 10.9. The highest BCUT2D eigenvalue weighted by molar-refractivity contribution is 7.15. The van der Waals surface area contributed by atoms with E-state index in [1.54, 1.807) is 0 Å². The van der Waals surface area contributed by atoms with Gasteiger partial charge in [-0.05, 0) is 39.9 Å². The molecule has 0 amide bonds. The van der Waals surface area contributed by atoms with E-state index in [0.717, 1.165) is 26.2 Å². The zero-order chi connectivity index (χ0) is 14.7. The van der Waals surface area contributed by atoms with Crippen molar-refractivity contribution in [2.75, 3.05) is 38.6 Å². The molecule has 114 valence electrons. The maximum atomic E-state index is 4.79. The second-order valence-corrected chi connectivity index (χ2v) is 7.16. The summed E-state index contributed by atoms with van der Waals surface area (Å²) < 4.78 is 0. The molecule has 2 rings (SSSR count). The summed E-state index contributed by atoms with van der Waals surface area (Å²) in [4.78, 5) is 11.0. The third kappa shape index (κ3) is 3.51. The molecule has 1 fully saturated rings. The first-order valence-corrected chi connectivity index (χ1v) is 8.43. The van der Waals surface area contributed by atoms with Gasteiger partial charge in [-0.3, -0.25) is 0 Å². The van der Waals surface area contributed by atoms with Crippen LogP contribution in [-0.4, -0.2) is 49.7 Å². The molecule has 4 nitrogen and oxygen atoms in total. The number of hydrogen-bond donors (Lipinski definition) is 1. The zero-order valence-corrected chi connectivity index (χ0v) is 14.3. The van der Waals surface area contributed by atoms with Crippen molar-refractivity contribution in [1.29, 1.82) is 0 Å². The van der Waals surface area contributed by atoms with Crippen LogP contribution in [0.1, 0.15) is 30.8 Å². The van der Waals surface area contributed by atoms with Gasteiger partial charge < -0.3 is 15.1 Å². The molecule has 1 N–H and O–H groups in total. The summed E-state index contributed by atoms with van der Waals surface area (Å²) in [5.41, 5.74) is 1.19. The lowest BCUT2D eigenvalue weighted by Gasteiger charge is -2.22. The van der Waals surface area contributed by atoms with E-state index in [9.17, 15) is 0 Å². The first-order chi connectivity index (χ1) is 9.52. The number of aryl methyl sites for hydroxylation is 1. The van der Waals surface area contributed by atoms with E-state index in [1.165, 1.54) is 22.1 Å². The summed E-state index contributed by atoms with van der Waals surface area (Å²) in [5.74, 6) is 0.705. The van der Waals surface area contributed by atoms with Crippen LogP contribution >= 0.6 is 11.3 Å². The van der Waals surface area contributed by atoms with Crippen molar-refractivity contribution in [3.8, 4) is 0 Å². The number of hydrogen-bond acceptors (Lipinski definition) is 5. The highest BCUT2D eigenvalue weighted by atomic mass is 32.1. The Hall–Kier alpha value is -0.650. The van der Waals surface area contributed by atoms with E-state index in [1.807, 2.05) is 11.3 Å². The van der Waals surface area contributed by atoms with Crippen LogP contribution in [0, 0.1) is 12.8 Å². The Bertz CT molecular complexity index is 430. The number of thiazole rings is 1. The van der Waals surface area contributed by atoms with Gasteiger partial charge >= 0.3 is 0 Å². The Morgan fingerprint density at radius 2 is 2.15 bits per heavy atom. The van der Waals surface area contributed by atoms with Gasteiger partial charge in [0, 0.05) is 30.6 Å². The standard InChI is InChI=1S/C15H28N4S/c1-6-7-16-8-14-12(3)17-15(20-14)19-9-11(2)13(10-19)18(4)5/h11,13,16H,6-10H2,1-5H3. The molecule has 1 aromatic rings. The number of likely N-dealkylation sites (N-methyl/N-ethyl adjacent to an activating group) is 1. The first-order valence-electron chi connectivity index (χ1n) is 7.61. The largest absolute Gasteiger partial charge is 0.346 e. The highest BCUT2D eigenvalue weighted by Crippen LogP contribution is 2.31. The van der Waals surface area contributed by atoms with E-state index in [4.69, 9.17) is 4.98 Å². The number of anilines is 1. The Balaban J connectivity index is 2.01. The first kappa shape index (κ1) is 15.7. The topological polar surface area (TPSA) is 31.4 Å². The van der Waals surface area contributed by atoms with Crippen LogP contribution in [0.4, 0.5) is 5.13 Å². The average molecular weight is 296 g/mol. The van der Waals surface area contributed by atoms with Crippen molar-refractivity contribution in [2.24, 2.45) is 5.92 Å². The van der Waals surface area contributed by atoms with Crippen LogP contribution in [0.15, 0.2) is 0 Å². The monoisotopic (exact) mass is 296 g/mol. The normalized spacial score (nSPS) is 23.0. The van der Waals surface area contributed by atoms with Crippen molar-refractivity contribution in [1.82, 2.24) is 15.2 Å². The van der Waals surface area contributed by atoms with Crippen molar-refractivity contribution >= 4 is 16.5 Å². The van der Waals surface area contributed by atoms with Crippen molar-refractivity contribution in [3.05, 3.63) is 10.6 Å². The number of nitrogens with zero attached hydrogens (tertiary/aromatic N) is 3. The summed E-state index contributed by atoms with van der Waals surface area (Å²) in [7, 11) is 4.36. The molecule has 5 heteroatoms. The van der Waals surface area contributed by atoms with Gasteiger partial charge in [0.1, 0.15) is 0 Å². The predicted molar refractivity (Wildman–Crippen MR) is 87.7 cm³/mol. The molecule has 1 aliphatic heterocycles. The second kappa shape index (κ2) is 6.87. The maximum absolute atomic E-state index is 4.79. The molecule has 0 spiro atoms. The molecule has 1 aromatic heterocycles. The third-order valence-electron chi connectivity index (χ3n) is 4.10. The second-order valence-electron chi connectivity index (χ2n) is 6.10. The van der Waals surface area contributed by atoms with Crippen LogP contribution in [0.5, 0.6) is 0 Å². The molecule has 2 heterocycles. The van der Waals surface area contributed by atoms with Crippen molar-refractivity contribution < 1.29 is 0 Å². The van der Waals surface area contributed by atoms with Gasteiger partial charge in [0.2, 0.25) is 0 Å². The summed E-state index contributed by atoms with van der Waals surface area (Å²) in [6.07, 6.45) is 1.18. The van der Waals surface area contributed by atoms with Crippen LogP contribution < -0.4 is 10.2 Å². The van der Waals surface area contributed by atoms with Crippen molar-refractivity contribution in [2.45, 2.75) is 39.8 Å². The number of aromatic nitrogens is 1. The highest BCUT2D eigenvalue weighted by Gasteiger charge is 2.32. The van der Waals surface area contributed by atoms with E-state index in [0.29, 0.717) is 12.0 Å². The fourth-order valence-electron chi connectivity index (χ4n) is 2.87. The molecule has 0 bridgehead atoms. The van der Waals surface area contributed by atoms with Crippen LogP contribution in [0.25, 0.3) is 0 Å². The van der Waals surface area contributed by atoms with Crippen LogP contribution in [0.2, 0.25) is 0 Å². The fraction of sp³-hybridized carbons (Fsp3) is 0.800. The molecular formula is C15H28N4S. The molecule has 2 atom stereocenters. The lowest BCUT2D eigenvalue weighted by Crippen LogP contribution is -2.34. The number of nitrogens with one attached hydrogen (secondary N) is 1. The van der Waals surface area contributed by atoms with Crippen LogP contribution in [0.3, 0.4) is 0 Å². The van der Waals surface area contributed by atoms with Crippen LogP contribution in [-0.2, 0) is 6.54 Å². The summed E-state index contributed by atoms with van der Waals surface area (Å²) in [5, 5.41) is 4.68. The minimum atomic E-state index is 0.640.